The van der Waals surface area contributed by atoms with E-state index < -0.39 is 0 Å². The minimum absolute atomic E-state index is 0.184. The first-order valence-electron chi connectivity index (χ1n) is 43.6. The van der Waals surface area contributed by atoms with Gasteiger partial charge in [0, 0.05) is 88.2 Å². The monoisotopic (exact) mass is 1600 g/mol. The zero-order valence-electron chi connectivity index (χ0n) is 68.8. The highest BCUT2D eigenvalue weighted by molar-refractivity contribution is 6.27. The molecule has 1 aliphatic rings. The van der Waals surface area contributed by atoms with E-state index in [1.165, 1.54) is 204 Å². The normalized spacial score (nSPS) is 12.5. The minimum Gasteiger partial charge on any atom is -0.309 e. The zero-order chi connectivity index (χ0) is 82.9. The van der Waals surface area contributed by atoms with Gasteiger partial charge >= 0.3 is 0 Å². The van der Waals surface area contributed by atoms with Gasteiger partial charge < -0.3 is 22.8 Å². The van der Waals surface area contributed by atoms with E-state index in [1.54, 1.807) is 0 Å². The number of rotatable bonds is 12. The van der Waals surface area contributed by atoms with Gasteiger partial charge in [-0.1, -0.05) is 346 Å². The maximum atomic E-state index is 2.50. The Kier molecular flexibility index (Phi) is 17.0. The molecule has 0 N–H and O–H groups in total. The lowest BCUT2D eigenvalue weighted by Gasteiger charge is -2.15. The van der Waals surface area contributed by atoms with E-state index >= 15 is 0 Å². The summed E-state index contributed by atoms with van der Waals surface area (Å²) in [5.74, 6) is 0.184. The van der Waals surface area contributed by atoms with Crippen LogP contribution < -0.4 is 0 Å². The molecule has 0 fully saturated rings. The van der Waals surface area contributed by atoms with Gasteiger partial charge in [0.1, 0.15) is 0 Å². The van der Waals surface area contributed by atoms with Crippen molar-refractivity contribution in [2.24, 2.45) is 0 Å². The summed E-state index contributed by atoms with van der Waals surface area (Å²) >= 11 is 0. The highest BCUT2D eigenvalue weighted by atomic mass is 15.1. The molecule has 5 heterocycles. The number of hydrogen-bond donors (Lipinski definition) is 0. The molecule has 0 amide bonds. The van der Waals surface area contributed by atoms with E-state index in [1.807, 2.05) is 0 Å². The summed E-state index contributed by atoms with van der Waals surface area (Å²) in [4.78, 5) is 0. The quantitative estimate of drug-likeness (QED) is 0.116. The standard InChI is InChI=1S/C61H40N2.C60H39N3/c1-4-14-40(15-5-1)42-24-26-44(27-25-42)59-50-21-11-10-20-49(50)54-38-45(30-34-51(54)59)46-31-36-57-55(39-46)52-35-37-58-60(53-22-12-13-23-56(53)62(58)47-18-8-3-9-19-47)61(52)63(57)48-32-28-43(29-33-48)41-16-6-2-7-17-41;1-4-14-40(15-5-1)42-24-30-47(31-25-42)61-55-22-12-11-21-50(55)53-38-44(28-36-57(53)61)45-29-37-58-54(39-45)52-35-34-51-49-20-10-13-23-56(49)62(46-18-8-3-9-19-46)59(51)60(52)63(58)48-32-26-43(27-33-48)41-16-6-2-7-17-41/h1-39,59H;1-39H. The fourth-order valence-corrected chi connectivity index (χ4v) is 20.7. The Morgan fingerprint density at radius 1 is 0.143 bits per heavy atom. The third kappa shape index (κ3) is 11.8. The van der Waals surface area contributed by atoms with Crippen LogP contribution in [0.15, 0.2) is 473 Å². The number of fused-ring (bicyclic) bond motifs is 20. The highest BCUT2D eigenvalue weighted by Gasteiger charge is 2.32. The van der Waals surface area contributed by atoms with Crippen LogP contribution in [0.5, 0.6) is 0 Å². The Hall–Kier alpha value is -16.6. The van der Waals surface area contributed by atoms with Crippen LogP contribution in [0.1, 0.15) is 22.6 Å². The van der Waals surface area contributed by atoms with Gasteiger partial charge in [0.05, 0.1) is 55.2 Å². The average Bonchev–Trinajstić information content (AvgIpc) is 1.54. The van der Waals surface area contributed by atoms with Gasteiger partial charge in [-0.2, -0.15) is 0 Å². The van der Waals surface area contributed by atoms with Crippen molar-refractivity contribution < 1.29 is 0 Å². The molecule has 126 heavy (non-hydrogen) atoms. The number of aromatic nitrogens is 5. The molecule has 0 radical (unpaired) electrons. The van der Waals surface area contributed by atoms with Crippen molar-refractivity contribution in [2.75, 3.05) is 0 Å². The van der Waals surface area contributed by atoms with Crippen molar-refractivity contribution in [3.05, 3.63) is 490 Å². The third-order valence-corrected chi connectivity index (χ3v) is 26.5. The minimum atomic E-state index is 0.184. The van der Waals surface area contributed by atoms with Crippen molar-refractivity contribution in [3.63, 3.8) is 0 Å². The first-order valence-corrected chi connectivity index (χ1v) is 43.6. The Morgan fingerprint density at radius 2 is 0.421 bits per heavy atom. The summed E-state index contributed by atoms with van der Waals surface area (Å²) < 4.78 is 12.3. The first-order chi connectivity index (χ1) is 62.5. The molecule has 0 saturated heterocycles. The molecule has 5 nitrogen and oxygen atoms in total. The van der Waals surface area contributed by atoms with Crippen molar-refractivity contribution in [2.45, 2.75) is 5.92 Å². The summed E-state index contributed by atoms with van der Waals surface area (Å²) in [5.41, 5.74) is 39.0. The fraction of sp³-hybridized carbons (Fsp3) is 0.00826. The summed E-state index contributed by atoms with van der Waals surface area (Å²) in [6.07, 6.45) is 0. The number of nitrogens with zero attached hydrogens (tertiary/aromatic N) is 5. The Balaban J connectivity index is 0.000000137. The van der Waals surface area contributed by atoms with Gasteiger partial charge in [0.25, 0.3) is 0 Å². The molecule has 0 aliphatic heterocycles. The summed E-state index contributed by atoms with van der Waals surface area (Å²) in [6.45, 7) is 0. The molecule has 0 saturated carbocycles. The molecule has 5 heteroatoms. The second kappa shape index (κ2) is 29.6. The van der Waals surface area contributed by atoms with Crippen LogP contribution >= 0.6 is 0 Å². The van der Waals surface area contributed by atoms with Crippen molar-refractivity contribution in [1.29, 1.82) is 0 Å². The molecule has 1 atom stereocenters. The average molecular weight is 1600 g/mol. The Morgan fingerprint density at radius 3 is 0.913 bits per heavy atom. The van der Waals surface area contributed by atoms with Crippen LogP contribution in [0, 0.1) is 0 Å². The van der Waals surface area contributed by atoms with Gasteiger partial charge in [-0.3, -0.25) is 0 Å². The second-order valence-corrected chi connectivity index (χ2v) is 33.4. The zero-order valence-corrected chi connectivity index (χ0v) is 68.8. The summed E-state index contributed by atoms with van der Waals surface area (Å²) in [7, 11) is 0. The van der Waals surface area contributed by atoms with E-state index in [2.05, 4.69) is 496 Å². The highest BCUT2D eigenvalue weighted by Crippen LogP contribution is 2.52. The maximum Gasteiger partial charge on any atom is 0.0788 e. The molecular formula is C121H79N5. The van der Waals surface area contributed by atoms with Crippen LogP contribution in [0.2, 0.25) is 0 Å². The molecule has 0 spiro atoms. The van der Waals surface area contributed by atoms with Gasteiger partial charge in [0.2, 0.25) is 0 Å². The lowest BCUT2D eigenvalue weighted by atomic mass is 9.88. The molecule has 1 unspecified atom stereocenters. The Bertz CT molecular complexity index is 8550. The van der Waals surface area contributed by atoms with Crippen molar-refractivity contribution in [3.8, 4) is 106 Å². The molecule has 25 aromatic rings. The molecule has 1 aliphatic carbocycles. The topological polar surface area (TPSA) is 24.6 Å². The van der Waals surface area contributed by atoms with Crippen molar-refractivity contribution in [1.82, 2.24) is 22.8 Å². The number of benzene rings is 20. The van der Waals surface area contributed by atoms with E-state index in [4.69, 9.17) is 0 Å². The van der Waals surface area contributed by atoms with Crippen molar-refractivity contribution >= 4 is 109 Å². The number of hydrogen-bond acceptors (Lipinski definition) is 0. The maximum absolute atomic E-state index is 2.50. The molecule has 0 bridgehead atoms. The van der Waals surface area contributed by atoms with Gasteiger partial charge in [-0.25, -0.2) is 0 Å². The number of para-hydroxylation sites is 5. The van der Waals surface area contributed by atoms with Gasteiger partial charge in [-0.05, 0) is 222 Å². The van der Waals surface area contributed by atoms with E-state index in [9.17, 15) is 0 Å². The summed E-state index contributed by atoms with van der Waals surface area (Å²) in [6, 6.07) is 174. The van der Waals surface area contributed by atoms with Gasteiger partial charge in [-0.15, -0.1) is 0 Å². The second-order valence-electron chi connectivity index (χ2n) is 33.4. The lowest BCUT2D eigenvalue weighted by Crippen LogP contribution is -1.99. The van der Waals surface area contributed by atoms with Gasteiger partial charge in [0.15, 0.2) is 0 Å². The van der Waals surface area contributed by atoms with Crippen LogP contribution in [0.4, 0.5) is 0 Å². The van der Waals surface area contributed by atoms with E-state index in [-0.39, 0.29) is 5.92 Å². The largest absolute Gasteiger partial charge is 0.309 e. The van der Waals surface area contributed by atoms with Crippen LogP contribution in [0.3, 0.4) is 0 Å². The first kappa shape index (κ1) is 72.2. The molecule has 26 rings (SSSR count). The van der Waals surface area contributed by atoms with Crippen LogP contribution in [-0.2, 0) is 0 Å². The predicted molar refractivity (Wildman–Crippen MR) is 530 cm³/mol. The molecule has 588 valence electrons. The molecular weight excluding hydrogens is 1520 g/mol. The summed E-state index contributed by atoms with van der Waals surface area (Å²) in [5, 5.41) is 12.4. The molecule has 5 aromatic heterocycles. The third-order valence-electron chi connectivity index (χ3n) is 26.5. The Labute approximate surface area is 729 Å². The predicted octanol–water partition coefficient (Wildman–Crippen LogP) is 32.0. The molecule has 20 aromatic carbocycles. The van der Waals surface area contributed by atoms with E-state index in [0.717, 1.165) is 28.4 Å². The smallest absolute Gasteiger partial charge is 0.0788 e. The SMILES string of the molecule is c1ccc(-c2ccc(-n3c4ccccc4c4cc(-c5ccc6c(c5)c5ccc7c8ccccc8n(-c8ccccc8)c7c5n6-c5ccc(-c6ccccc6)cc5)ccc43)cc2)cc1.c1ccc(-c2ccc(C3c4ccccc4-c4cc(-c5ccc6c(c5)c5ccc7c(c8ccccc8n7-c7ccccc7)c5n6-c5ccc(-c6ccccc6)cc5)ccc43)cc2)cc1. The van der Waals surface area contributed by atoms with E-state index in [0.29, 0.717) is 0 Å². The van der Waals surface area contributed by atoms with Crippen LogP contribution in [-0.4, -0.2) is 22.8 Å². The lowest BCUT2D eigenvalue weighted by molar-refractivity contribution is 1.02. The fourth-order valence-electron chi connectivity index (χ4n) is 20.7. The van der Waals surface area contributed by atoms with Crippen LogP contribution in [0.25, 0.3) is 215 Å².